The fourth-order valence-corrected chi connectivity index (χ4v) is 8.52. The maximum absolute atomic E-state index is 14.3. The second-order valence-corrected chi connectivity index (χ2v) is 16.1. The maximum atomic E-state index is 14.3. The number of benzene rings is 1. The molecule has 0 spiro atoms. The number of piperidine rings is 2. The van der Waals surface area contributed by atoms with Crippen LogP contribution in [-0.2, 0) is 25.5 Å². The quantitative estimate of drug-likeness (QED) is 0.171. The van der Waals surface area contributed by atoms with E-state index in [-0.39, 0.29) is 47.7 Å². The molecule has 6 unspecified atom stereocenters. The summed E-state index contributed by atoms with van der Waals surface area (Å²) in [6.07, 6.45) is 4.33. The van der Waals surface area contributed by atoms with Crippen molar-refractivity contribution in [3.63, 3.8) is 0 Å². The van der Waals surface area contributed by atoms with Crippen molar-refractivity contribution in [3.05, 3.63) is 52.0 Å². The van der Waals surface area contributed by atoms with Gasteiger partial charge >= 0.3 is 5.97 Å². The van der Waals surface area contributed by atoms with Crippen molar-refractivity contribution in [1.29, 1.82) is 0 Å². The smallest absolute Gasteiger partial charge is 0.306 e. The van der Waals surface area contributed by atoms with E-state index in [1.165, 1.54) is 11.3 Å². The molecule has 1 aromatic heterocycles. The Kier molecular flexibility index (Phi) is 14.2. The summed E-state index contributed by atoms with van der Waals surface area (Å²) in [5, 5.41) is 18.1. The van der Waals surface area contributed by atoms with E-state index in [0.717, 1.165) is 37.8 Å². The van der Waals surface area contributed by atoms with Crippen LogP contribution >= 0.6 is 11.3 Å². The highest BCUT2D eigenvalue weighted by Crippen LogP contribution is 2.48. The summed E-state index contributed by atoms with van der Waals surface area (Å²) in [6, 6.07) is 8.41. The van der Waals surface area contributed by atoms with Gasteiger partial charge < -0.3 is 25.4 Å². The van der Waals surface area contributed by atoms with E-state index in [4.69, 9.17) is 9.72 Å². The largest absolute Gasteiger partial charge is 0.481 e. The number of fused-ring (bicyclic) bond motifs is 2. The van der Waals surface area contributed by atoms with E-state index < -0.39 is 35.6 Å². The molecule has 3 amide bonds. The van der Waals surface area contributed by atoms with E-state index in [1.54, 1.807) is 17.2 Å². The van der Waals surface area contributed by atoms with Crippen molar-refractivity contribution in [1.82, 2.24) is 25.4 Å². The number of ether oxygens (including phenoxy) is 1. The minimum absolute atomic E-state index is 0.0432. The summed E-state index contributed by atoms with van der Waals surface area (Å²) < 4.78 is 6.21. The first-order valence-corrected chi connectivity index (χ1v) is 19.5. The lowest BCUT2D eigenvalue weighted by Gasteiger charge is -2.57. The molecular weight excluding hydrogens is 667 g/mol. The predicted octanol–water partition coefficient (Wildman–Crippen LogP) is 5.56. The second kappa shape index (κ2) is 17.9. The Morgan fingerprint density at radius 3 is 2.35 bits per heavy atom. The molecule has 1 aromatic carbocycles. The molecule has 3 N–H and O–H groups in total. The van der Waals surface area contributed by atoms with Crippen LogP contribution in [0.3, 0.4) is 0 Å². The van der Waals surface area contributed by atoms with Gasteiger partial charge in [0.25, 0.3) is 5.91 Å². The molecule has 11 nitrogen and oxygen atoms in total. The van der Waals surface area contributed by atoms with Gasteiger partial charge in [0.2, 0.25) is 11.8 Å². The highest BCUT2D eigenvalue weighted by Gasteiger charge is 2.56. The average Bonchev–Trinajstić information content (AvgIpc) is 3.58. The molecule has 5 rings (SSSR count). The topological polar surface area (TPSA) is 141 Å². The van der Waals surface area contributed by atoms with Gasteiger partial charge in [-0.3, -0.25) is 24.1 Å². The highest BCUT2D eigenvalue weighted by molar-refractivity contribution is 7.09. The number of rotatable bonds is 19. The van der Waals surface area contributed by atoms with Crippen molar-refractivity contribution >= 4 is 35.0 Å². The van der Waals surface area contributed by atoms with Crippen LogP contribution in [0.2, 0.25) is 0 Å². The Balaban J connectivity index is 1.48. The first-order valence-electron chi connectivity index (χ1n) is 18.6. The van der Waals surface area contributed by atoms with Gasteiger partial charge in [-0.15, -0.1) is 11.3 Å². The molecule has 6 atom stereocenters. The first-order chi connectivity index (χ1) is 24.2. The summed E-state index contributed by atoms with van der Waals surface area (Å²) in [4.78, 5) is 61.8. The lowest BCUT2D eigenvalue weighted by Crippen LogP contribution is -2.70. The van der Waals surface area contributed by atoms with Crippen molar-refractivity contribution in [3.8, 4) is 0 Å². The molecular formula is C39H59N5O6S. The number of carbonyl (C=O) groups excluding carboxylic acids is 3. The highest BCUT2D eigenvalue weighted by atomic mass is 32.1. The van der Waals surface area contributed by atoms with Crippen LogP contribution in [0.1, 0.15) is 107 Å². The number of nitrogens with one attached hydrogen (secondary N) is 2. The van der Waals surface area contributed by atoms with Crippen LogP contribution in [0.25, 0.3) is 0 Å². The SMILES string of the molecule is CCOC(CC(C(C)C)N(C)C(=O)C(NC(=O)C12CC(CCN1C)C2)C(C)CC)c1nc(C(=O)NC(Cc2ccccc2)CC(C)C(=O)O)cs1. The van der Waals surface area contributed by atoms with E-state index >= 15 is 0 Å². The van der Waals surface area contributed by atoms with Gasteiger partial charge in [0.1, 0.15) is 28.4 Å². The van der Waals surface area contributed by atoms with Crippen LogP contribution in [0, 0.1) is 23.7 Å². The summed E-state index contributed by atoms with van der Waals surface area (Å²) in [6.45, 7) is 13.1. The molecule has 2 bridgehead atoms. The van der Waals surface area contributed by atoms with Crippen LogP contribution < -0.4 is 10.6 Å². The molecule has 2 aliphatic heterocycles. The van der Waals surface area contributed by atoms with Gasteiger partial charge in [-0.05, 0) is 75.9 Å². The summed E-state index contributed by atoms with van der Waals surface area (Å²) >= 11 is 1.34. The van der Waals surface area contributed by atoms with Crippen molar-refractivity contribution in [2.75, 3.05) is 27.2 Å². The van der Waals surface area contributed by atoms with Crippen LogP contribution in [0.4, 0.5) is 0 Å². The number of carboxylic acids is 1. The van der Waals surface area contributed by atoms with Gasteiger partial charge in [-0.25, -0.2) is 4.98 Å². The standard InChI is InChI=1S/C39H59N5O6S/c1-9-25(5)33(42-38(49)39-21-28(22-39)16-17-43(39)7)36(46)44(8)31(24(3)4)20-32(50-10-2)35-41-30(23-51-35)34(45)40-29(18-26(6)37(47)48)19-27-14-12-11-13-15-27/h11-15,23-26,28-29,31-33H,9-10,16-22H2,1-8H3,(H,40,45)(H,42,49)(H,47,48). The van der Waals surface area contributed by atoms with Crippen molar-refractivity contribution < 1.29 is 29.0 Å². The third-order valence-electron chi connectivity index (χ3n) is 11.2. The normalized spacial score (nSPS) is 22.2. The zero-order valence-corrected chi connectivity index (χ0v) is 32.5. The van der Waals surface area contributed by atoms with Crippen LogP contribution in [0.15, 0.2) is 35.7 Å². The monoisotopic (exact) mass is 725 g/mol. The van der Waals surface area contributed by atoms with Crippen molar-refractivity contribution in [2.24, 2.45) is 23.7 Å². The minimum Gasteiger partial charge on any atom is -0.481 e. The van der Waals surface area contributed by atoms with Crippen LogP contribution in [0.5, 0.6) is 0 Å². The van der Waals surface area contributed by atoms with Gasteiger partial charge in [0.15, 0.2) is 0 Å². The molecule has 1 saturated carbocycles. The third kappa shape index (κ3) is 9.75. The van der Waals surface area contributed by atoms with Crippen LogP contribution in [-0.4, -0.2) is 94.5 Å². The summed E-state index contributed by atoms with van der Waals surface area (Å²) in [7, 11) is 3.83. The zero-order chi connectivity index (χ0) is 37.5. The number of nitrogens with zero attached hydrogens (tertiary/aromatic N) is 3. The zero-order valence-electron chi connectivity index (χ0n) is 31.7. The lowest BCUT2D eigenvalue weighted by molar-refractivity contribution is -0.154. The molecule has 3 aliphatic rings. The molecule has 51 heavy (non-hydrogen) atoms. The Bertz CT molecular complexity index is 1480. The Labute approximate surface area is 307 Å². The Hall–Kier alpha value is -3.35. The number of carbonyl (C=O) groups is 4. The number of aliphatic carboxylic acids is 1. The molecule has 12 heteroatoms. The number of carboxylic acid groups (broad SMARTS) is 1. The average molecular weight is 726 g/mol. The number of likely N-dealkylation sites (N-methyl/N-ethyl adjacent to an activating group) is 2. The predicted molar refractivity (Wildman–Crippen MR) is 199 cm³/mol. The summed E-state index contributed by atoms with van der Waals surface area (Å²) in [5.41, 5.74) is 0.730. The lowest BCUT2D eigenvalue weighted by atomic mass is 9.62. The number of thiazole rings is 1. The molecule has 1 aliphatic carbocycles. The molecule has 3 heterocycles. The number of hydrogen-bond donors (Lipinski definition) is 3. The van der Waals surface area contributed by atoms with E-state index in [0.29, 0.717) is 30.4 Å². The fraction of sp³-hybridized carbons (Fsp3) is 0.667. The Morgan fingerprint density at radius 1 is 1.08 bits per heavy atom. The molecule has 0 radical (unpaired) electrons. The third-order valence-corrected chi connectivity index (χ3v) is 12.2. The Morgan fingerprint density at radius 2 is 1.76 bits per heavy atom. The fourth-order valence-electron chi connectivity index (χ4n) is 7.66. The maximum Gasteiger partial charge on any atom is 0.306 e. The van der Waals surface area contributed by atoms with E-state index in [9.17, 15) is 24.3 Å². The number of amides is 3. The van der Waals surface area contributed by atoms with E-state index in [1.807, 2.05) is 65.2 Å². The number of aromatic nitrogens is 1. The van der Waals surface area contributed by atoms with Gasteiger partial charge in [-0.1, -0.05) is 71.4 Å². The number of hydrogen-bond acceptors (Lipinski definition) is 8. The minimum atomic E-state index is -0.910. The molecule has 2 aromatic rings. The van der Waals surface area contributed by atoms with Gasteiger partial charge in [-0.2, -0.15) is 0 Å². The van der Waals surface area contributed by atoms with E-state index in [2.05, 4.69) is 29.4 Å². The second-order valence-electron chi connectivity index (χ2n) is 15.2. The molecule has 2 saturated heterocycles. The first kappa shape index (κ1) is 40.4. The molecule has 282 valence electrons. The van der Waals surface area contributed by atoms with Gasteiger partial charge in [0, 0.05) is 37.5 Å². The molecule has 3 fully saturated rings. The summed E-state index contributed by atoms with van der Waals surface area (Å²) in [5.74, 6) is -1.46. The van der Waals surface area contributed by atoms with Gasteiger partial charge in [0.05, 0.1) is 5.92 Å². The van der Waals surface area contributed by atoms with Crippen molar-refractivity contribution in [2.45, 2.75) is 116 Å².